The number of likely N-dealkylation sites (N-methyl/N-ethyl adjacent to an activating group) is 1. The summed E-state index contributed by atoms with van der Waals surface area (Å²) in [5, 5.41) is 2.71. The molecule has 0 saturated heterocycles. The average Bonchev–Trinajstić information content (AvgIpc) is 2.80. The maximum Gasteiger partial charge on any atom is 0.244 e. The van der Waals surface area contributed by atoms with Crippen molar-refractivity contribution in [3.63, 3.8) is 0 Å². The zero-order valence-corrected chi connectivity index (χ0v) is 20.4. The number of carbonyl (C=O) groups is 2. The van der Waals surface area contributed by atoms with E-state index in [9.17, 15) is 18.0 Å². The van der Waals surface area contributed by atoms with Gasteiger partial charge in [0.15, 0.2) is 0 Å². The van der Waals surface area contributed by atoms with Crippen molar-refractivity contribution >= 4 is 27.5 Å². The number of rotatable bonds is 11. The Balaban J connectivity index is 2.38. The first-order chi connectivity index (χ1) is 15.6. The molecule has 0 saturated carbocycles. The van der Waals surface area contributed by atoms with Crippen molar-refractivity contribution in [1.29, 1.82) is 0 Å². The van der Waals surface area contributed by atoms with Gasteiger partial charge in [-0.3, -0.25) is 13.9 Å². The predicted octanol–water partition coefficient (Wildman–Crippen LogP) is 2.02. The average molecular weight is 478 g/mol. The van der Waals surface area contributed by atoms with Crippen molar-refractivity contribution in [2.24, 2.45) is 0 Å². The fourth-order valence-electron chi connectivity index (χ4n) is 3.21. The molecule has 0 radical (unpaired) electrons. The van der Waals surface area contributed by atoms with Crippen LogP contribution in [-0.2, 0) is 26.2 Å². The summed E-state index contributed by atoms with van der Waals surface area (Å²) in [5.74, 6) is 0.276. The van der Waals surface area contributed by atoms with Gasteiger partial charge in [0.25, 0.3) is 0 Å². The van der Waals surface area contributed by atoms with Crippen LogP contribution in [0.25, 0.3) is 0 Å². The molecular formula is C23H31N3O6S. The molecule has 0 aliphatic rings. The van der Waals surface area contributed by atoms with Crippen molar-refractivity contribution in [1.82, 2.24) is 10.2 Å². The predicted molar refractivity (Wildman–Crippen MR) is 127 cm³/mol. The highest BCUT2D eigenvalue weighted by atomic mass is 32.2. The van der Waals surface area contributed by atoms with Crippen molar-refractivity contribution in [3.8, 4) is 11.5 Å². The van der Waals surface area contributed by atoms with Crippen LogP contribution in [0.4, 0.5) is 5.69 Å². The fraction of sp³-hybridized carbons (Fsp3) is 0.391. The molecule has 1 atom stereocenters. The maximum absolute atomic E-state index is 13.4. The van der Waals surface area contributed by atoms with Crippen LogP contribution in [0.3, 0.4) is 0 Å². The van der Waals surface area contributed by atoms with Gasteiger partial charge >= 0.3 is 0 Å². The Morgan fingerprint density at radius 1 is 1.03 bits per heavy atom. The van der Waals surface area contributed by atoms with E-state index in [4.69, 9.17) is 9.47 Å². The maximum atomic E-state index is 13.4. The van der Waals surface area contributed by atoms with E-state index in [1.165, 1.54) is 18.1 Å². The minimum absolute atomic E-state index is 0.122. The molecule has 2 aromatic rings. The standard InChI is InChI=1S/C23H31N3O6S/c1-6-24-23(28)17(2)25(15-18-10-12-20(31-3)13-11-18)22(27)16-26(33(5,29)30)19-8-7-9-21(14-19)32-4/h7-14,17H,6,15-16H2,1-5H3,(H,24,28)/t17-/m1/s1. The van der Waals surface area contributed by atoms with E-state index in [2.05, 4.69) is 5.32 Å². The highest BCUT2D eigenvalue weighted by Crippen LogP contribution is 2.24. The molecule has 0 spiro atoms. The minimum Gasteiger partial charge on any atom is -0.497 e. The first kappa shape index (κ1) is 26.0. The van der Waals surface area contributed by atoms with E-state index in [1.807, 2.05) is 0 Å². The van der Waals surface area contributed by atoms with Gasteiger partial charge in [-0.2, -0.15) is 0 Å². The summed E-state index contributed by atoms with van der Waals surface area (Å²) in [5.41, 5.74) is 1.06. The van der Waals surface area contributed by atoms with Gasteiger partial charge in [0.05, 0.1) is 26.2 Å². The van der Waals surface area contributed by atoms with Gasteiger partial charge in [0.1, 0.15) is 24.1 Å². The number of nitrogens with zero attached hydrogens (tertiary/aromatic N) is 2. The normalized spacial score (nSPS) is 11.9. The number of sulfonamides is 1. The molecule has 2 rings (SSSR count). The molecule has 1 N–H and O–H groups in total. The zero-order chi connectivity index (χ0) is 24.6. The SMILES string of the molecule is CCNC(=O)[C@@H](C)N(Cc1ccc(OC)cc1)C(=O)CN(c1cccc(OC)c1)S(C)(=O)=O. The van der Waals surface area contributed by atoms with Crippen molar-refractivity contribution in [3.05, 3.63) is 54.1 Å². The van der Waals surface area contributed by atoms with Crippen LogP contribution in [0.1, 0.15) is 19.4 Å². The Labute approximate surface area is 195 Å². The largest absolute Gasteiger partial charge is 0.497 e. The van der Waals surface area contributed by atoms with E-state index in [1.54, 1.807) is 63.4 Å². The third-order valence-electron chi connectivity index (χ3n) is 5.05. The second kappa shape index (κ2) is 11.6. The van der Waals surface area contributed by atoms with Gasteiger partial charge in [0.2, 0.25) is 21.8 Å². The van der Waals surface area contributed by atoms with Crippen LogP contribution in [0, 0.1) is 0 Å². The molecule has 0 aliphatic carbocycles. The van der Waals surface area contributed by atoms with Crippen LogP contribution in [0.5, 0.6) is 11.5 Å². The van der Waals surface area contributed by atoms with Gasteiger partial charge in [-0.1, -0.05) is 18.2 Å². The molecule has 33 heavy (non-hydrogen) atoms. The Morgan fingerprint density at radius 3 is 2.21 bits per heavy atom. The molecule has 0 aromatic heterocycles. The van der Waals surface area contributed by atoms with E-state index in [0.29, 0.717) is 23.7 Å². The molecule has 2 aromatic carbocycles. The van der Waals surface area contributed by atoms with Crippen LogP contribution in [-0.4, -0.2) is 64.7 Å². The van der Waals surface area contributed by atoms with E-state index < -0.39 is 28.5 Å². The second-order valence-corrected chi connectivity index (χ2v) is 9.32. The summed E-state index contributed by atoms with van der Waals surface area (Å²) in [7, 11) is -0.769. The first-order valence-corrected chi connectivity index (χ1v) is 12.3. The molecule has 0 heterocycles. The van der Waals surface area contributed by atoms with E-state index in [0.717, 1.165) is 16.1 Å². The van der Waals surface area contributed by atoms with Crippen LogP contribution in [0.15, 0.2) is 48.5 Å². The Kier molecular flexibility index (Phi) is 9.10. The van der Waals surface area contributed by atoms with Gasteiger partial charge in [-0.25, -0.2) is 8.42 Å². The van der Waals surface area contributed by atoms with Crippen LogP contribution < -0.4 is 19.1 Å². The zero-order valence-electron chi connectivity index (χ0n) is 19.6. The number of nitrogens with one attached hydrogen (secondary N) is 1. The number of amides is 2. The second-order valence-electron chi connectivity index (χ2n) is 7.41. The summed E-state index contributed by atoms with van der Waals surface area (Å²) in [6, 6.07) is 12.7. The minimum atomic E-state index is -3.80. The van der Waals surface area contributed by atoms with Crippen LogP contribution in [0.2, 0.25) is 0 Å². The van der Waals surface area contributed by atoms with Gasteiger partial charge < -0.3 is 19.7 Å². The summed E-state index contributed by atoms with van der Waals surface area (Å²) in [4.78, 5) is 27.3. The number of hydrogen-bond donors (Lipinski definition) is 1. The number of ether oxygens (including phenoxy) is 2. The van der Waals surface area contributed by atoms with E-state index >= 15 is 0 Å². The van der Waals surface area contributed by atoms with Crippen molar-refractivity contribution in [2.45, 2.75) is 26.4 Å². The Hall–Kier alpha value is -3.27. The quantitative estimate of drug-likeness (QED) is 0.531. The molecule has 0 fully saturated rings. The highest BCUT2D eigenvalue weighted by Gasteiger charge is 2.30. The fourth-order valence-corrected chi connectivity index (χ4v) is 4.05. The topological polar surface area (TPSA) is 105 Å². The van der Waals surface area contributed by atoms with Crippen molar-refractivity contribution < 1.29 is 27.5 Å². The van der Waals surface area contributed by atoms with E-state index in [-0.39, 0.29) is 12.5 Å². The molecular weight excluding hydrogens is 446 g/mol. The number of hydrogen-bond acceptors (Lipinski definition) is 6. The summed E-state index contributed by atoms with van der Waals surface area (Å²) >= 11 is 0. The summed E-state index contributed by atoms with van der Waals surface area (Å²) < 4.78 is 36.4. The lowest BCUT2D eigenvalue weighted by Crippen LogP contribution is -2.51. The summed E-state index contributed by atoms with van der Waals surface area (Å²) in [6.45, 7) is 3.47. The molecule has 0 bridgehead atoms. The van der Waals surface area contributed by atoms with Crippen molar-refractivity contribution in [2.75, 3.05) is 37.9 Å². The number of methoxy groups -OCH3 is 2. The Bertz CT molecular complexity index is 1060. The summed E-state index contributed by atoms with van der Waals surface area (Å²) in [6.07, 6.45) is 1.03. The van der Waals surface area contributed by atoms with Gasteiger partial charge in [-0.15, -0.1) is 0 Å². The number of anilines is 1. The third-order valence-corrected chi connectivity index (χ3v) is 6.19. The van der Waals surface area contributed by atoms with Crippen LogP contribution >= 0.6 is 0 Å². The molecule has 2 amide bonds. The molecule has 0 aliphatic heterocycles. The lowest BCUT2D eigenvalue weighted by atomic mass is 10.1. The van der Waals surface area contributed by atoms with Gasteiger partial charge in [0, 0.05) is 19.2 Å². The molecule has 10 heteroatoms. The molecule has 180 valence electrons. The number of benzene rings is 2. The first-order valence-electron chi connectivity index (χ1n) is 10.4. The van der Waals surface area contributed by atoms with Gasteiger partial charge in [-0.05, 0) is 43.7 Å². The monoisotopic (exact) mass is 477 g/mol. The lowest BCUT2D eigenvalue weighted by Gasteiger charge is -2.31. The smallest absolute Gasteiger partial charge is 0.244 e. The highest BCUT2D eigenvalue weighted by molar-refractivity contribution is 7.92. The third kappa shape index (κ3) is 7.11. The number of carbonyl (C=O) groups excluding carboxylic acids is 2. The molecule has 0 unspecified atom stereocenters. The molecule has 9 nitrogen and oxygen atoms in total. The Morgan fingerprint density at radius 2 is 1.67 bits per heavy atom. The lowest BCUT2D eigenvalue weighted by molar-refractivity contribution is -0.139.